The summed E-state index contributed by atoms with van der Waals surface area (Å²) >= 11 is 0. The first-order valence-corrected chi connectivity index (χ1v) is 8.82. The molecule has 0 heterocycles. The van der Waals surface area contributed by atoms with Crippen LogP contribution in [-0.4, -0.2) is 24.0 Å². The highest BCUT2D eigenvalue weighted by molar-refractivity contribution is 6.08. The molecule has 0 aromatic heterocycles. The number of hydrogen-bond donors (Lipinski definition) is 1. The van der Waals surface area contributed by atoms with E-state index in [-0.39, 0.29) is 0 Å². The predicted molar refractivity (Wildman–Crippen MR) is 108 cm³/mol. The van der Waals surface area contributed by atoms with Crippen molar-refractivity contribution in [2.45, 2.75) is 19.1 Å². The maximum Gasteiger partial charge on any atom is 0.335 e. The average Bonchev–Trinajstić information content (AvgIpc) is 2.70. The summed E-state index contributed by atoms with van der Waals surface area (Å²) in [5.41, 5.74) is 1.22. The second-order valence-corrected chi connectivity index (χ2v) is 6.23. The third-order valence-corrected chi connectivity index (χ3v) is 4.36. The van der Waals surface area contributed by atoms with E-state index in [0.717, 1.165) is 40.5 Å². The Hall–Kier alpha value is -2.95. The topological polar surface area (TPSA) is 55.8 Å². The maximum absolute atomic E-state index is 11.4. The second kappa shape index (κ2) is 8.62. The van der Waals surface area contributed by atoms with Gasteiger partial charge in [-0.1, -0.05) is 49.6 Å². The molecule has 0 fully saturated rings. The minimum absolute atomic E-state index is 0.468. The van der Waals surface area contributed by atoms with Gasteiger partial charge in [0.05, 0.1) is 6.61 Å². The molecule has 1 unspecified atom stereocenters. The smallest absolute Gasteiger partial charge is 0.335 e. The van der Waals surface area contributed by atoms with E-state index in [4.69, 9.17) is 9.47 Å². The lowest BCUT2D eigenvalue weighted by Crippen LogP contribution is -2.09. The number of fused-ring (bicyclic) bond motifs is 3. The van der Waals surface area contributed by atoms with E-state index < -0.39 is 12.3 Å². The quantitative estimate of drug-likeness (QED) is 0.122. The molecule has 1 N–H and O–H groups in total. The molecule has 0 saturated carbocycles. The van der Waals surface area contributed by atoms with Gasteiger partial charge in [-0.05, 0) is 58.2 Å². The van der Waals surface area contributed by atoms with Crippen molar-refractivity contribution in [3.05, 3.63) is 79.4 Å². The van der Waals surface area contributed by atoms with Gasteiger partial charge in [0.2, 0.25) is 0 Å². The average molecular weight is 362 g/mol. The summed E-state index contributed by atoms with van der Waals surface area (Å²) in [6, 6.07) is 16.1. The highest BCUT2D eigenvalue weighted by Crippen LogP contribution is 2.29. The van der Waals surface area contributed by atoms with Crippen molar-refractivity contribution < 1.29 is 19.4 Å². The van der Waals surface area contributed by atoms with Crippen LogP contribution in [0.3, 0.4) is 0 Å². The summed E-state index contributed by atoms with van der Waals surface area (Å²) in [4.78, 5) is 11.4. The van der Waals surface area contributed by atoms with Crippen LogP contribution in [0.25, 0.3) is 21.5 Å². The number of aliphatic hydroxyl groups excluding tert-OH is 1. The third kappa shape index (κ3) is 4.61. The highest BCUT2D eigenvalue weighted by atomic mass is 16.6. The van der Waals surface area contributed by atoms with Gasteiger partial charge in [-0.15, -0.1) is 0 Å². The molecule has 27 heavy (non-hydrogen) atoms. The number of ether oxygens (including phenoxy) is 2. The van der Waals surface area contributed by atoms with Crippen LogP contribution in [-0.2, 0) is 16.0 Å². The number of carbonyl (C=O) groups is 1. The monoisotopic (exact) mass is 362 g/mol. The van der Waals surface area contributed by atoms with Crippen molar-refractivity contribution in [1.29, 1.82) is 0 Å². The van der Waals surface area contributed by atoms with Gasteiger partial charge in [0.1, 0.15) is 5.75 Å². The number of rotatable bonds is 8. The van der Waals surface area contributed by atoms with Crippen LogP contribution in [0.5, 0.6) is 5.75 Å². The van der Waals surface area contributed by atoms with Gasteiger partial charge in [0.25, 0.3) is 0 Å². The molecule has 0 saturated heterocycles. The van der Waals surface area contributed by atoms with Crippen molar-refractivity contribution in [3.8, 4) is 5.75 Å². The van der Waals surface area contributed by atoms with Gasteiger partial charge in [0.15, 0.2) is 6.29 Å². The Morgan fingerprint density at radius 1 is 1.04 bits per heavy atom. The number of aliphatic hydroxyl groups is 1. The zero-order valence-electron chi connectivity index (χ0n) is 15.1. The zero-order valence-corrected chi connectivity index (χ0v) is 15.1. The van der Waals surface area contributed by atoms with Gasteiger partial charge in [-0.25, -0.2) is 4.79 Å². The Labute approximate surface area is 158 Å². The van der Waals surface area contributed by atoms with Crippen molar-refractivity contribution in [3.63, 3.8) is 0 Å². The van der Waals surface area contributed by atoms with Crippen LogP contribution in [0.1, 0.15) is 12.0 Å². The molecule has 1 atom stereocenters. The highest BCUT2D eigenvalue weighted by Gasteiger charge is 2.06. The minimum atomic E-state index is -0.899. The lowest BCUT2D eigenvalue weighted by molar-refractivity contribution is -0.128. The molecule has 3 rings (SSSR count). The van der Waals surface area contributed by atoms with Crippen molar-refractivity contribution in [2.75, 3.05) is 6.61 Å². The fourth-order valence-electron chi connectivity index (χ4n) is 3.02. The largest absolute Gasteiger partial charge is 0.423 e. The van der Waals surface area contributed by atoms with Gasteiger partial charge in [-0.3, -0.25) is 0 Å². The fourth-order valence-corrected chi connectivity index (χ4v) is 3.02. The molecule has 0 bridgehead atoms. The van der Waals surface area contributed by atoms with Crippen LogP contribution in [0.2, 0.25) is 0 Å². The first kappa shape index (κ1) is 18.8. The molecule has 138 valence electrons. The predicted octanol–water partition coefficient (Wildman–Crippen LogP) is 4.54. The van der Waals surface area contributed by atoms with Gasteiger partial charge < -0.3 is 14.6 Å². The molecular weight excluding hydrogens is 340 g/mol. The summed E-state index contributed by atoms with van der Waals surface area (Å²) in [7, 11) is 0. The summed E-state index contributed by atoms with van der Waals surface area (Å²) in [6.07, 6.45) is 3.31. The second-order valence-electron chi connectivity index (χ2n) is 6.23. The number of esters is 1. The first-order chi connectivity index (χ1) is 13.1. The zero-order chi connectivity index (χ0) is 19.2. The van der Waals surface area contributed by atoms with E-state index in [1.807, 2.05) is 18.2 Å². The molecule has 4 nitrogen and oxygen atoms in total. The molecule has 0 spiro atoms. The standard InChI is InChI=1S/C23H22O4/c1-3-22(24)26-13-5-6-16-7-11-20-17(14-16)8-9-18-15-19(10-12-21(18)20)27-23(25)4-2/h3-4,7-12,14-15,22,24H,1-2,5-6,13H2. The molecule has 4 heteroatoms. The van der Waals surface area contributed by atoms with Crippen LogP contribution in [0.15, 0.2) is 73.8 Å². The van der Waals surface area contributed by atoms with Crippen LogP contribution in [0.4, 0.5) is 0 Å². The van der Waals surface area contributed by atoms with Gasteiger partial charge in [0, 0.05) is 6.08 Å². The van der Waals surface area contributed by atoms with Crippen molar-refractivity contribution >= 4 is 27.5 Å². The molecule has 0 aliphatic carbocycles. The number of hydrogen-bond acceptors (Lipinski definition) is 4. The Kier molecular flexibility index (Phi) is 6.01. The molecule has 3 aromatic rings. The number of aryl methyl sites for hydroxylation is 1. The molecule has 0 amide bonds. The van der Waals surface area contributed by atoms with E-state index in [1.54, 1.807) is 6.07 Å². The minimum Gasteiger partial charge on any atom is -0.423 e. The molecular formula is C23H22O4. The summed E-state index contributed by atoms with van der Waals surface area (Å²) in [5.74, 6) is 0.0365. The first-order valence-electron chi connectivity index (χ1n) is 8.82. The molecule has 0 aliphatic heterocycles. The Balaban J connectivity index is 1.78. The van der Waals surface area contributed by atoms with Gasteiger partial charge >= 0.3 is 5.97 Å². The summed E-state index contributed by atoms with van der Waals surface area (Å²) in [6.45, 7) is 7.37. The normalized spacial score (nSPS) is 12.0. The van der Waals surface area contributed by atoms with Crippen LogP contribution in [0, 0.1) is 0 Å². The van der Waals surface area contributed by atoms with Crippen molar-refractivity contribution in [2.24, 2.45) is 0 Å². The SMILES string of the molecule is C=CC(=O)Oc1ccc2c(ccc3cc(CCCOC(O)C=C)ccc32)c1. The maximum atomic E-state index is 11.4. The molecule has 3 aromatic carbocycles. The third-order valence-electron chi connectivity index (χ3n) is 4.36. The van der Waals surface area contributed by atoms with E-state index in [1.165, 1.54) is 11.6 Å². The number of benzene rings is 3. The molecule has 0 radical (unpaired) electrons. The summed E-state index contributed by atoms with van der Waals surface area (Å²) in [5, 5.41) is 13.7. The molecule has 0 aliphatic rings. The van der Waals surface area contributed by atoms with E-state index >= 15 is 0 Å². The van der Waals surface area contributed by atoms with Gasteiger partial charge in [-0.2, -0.15) is 0 Å². The summed E-state index contributed by atoms with van der Waals surface area (Å²) < 4.78 is 10.4. The Morgan fingerprint density at radius 3 is 2.44 bits per heavy atom. The van der Waals surface area contributed by atoms with Crippen LogP contribution < -0.4 is 4.74 Å². The Morgan fingerprint density at radius 2 is 1.74 bits per heavy atom. The van der Waals surface area contributed by atoms with Crippen molar-refractivity contribution in [1.82, 2.24) is 0 Å². The van der Waals surface area contributed by atoms with E-state index in [0.29, 0.717) is 12.4 Å². The lowest BCUT2D eigenvalue weighted by atomic mass is 9.98. The fraction of sp³-hybridized carbons (Fsp3) is 0.174. The Bertz CT molecular complexity index is 990. The van der Waals surface area contributed by atoms with E-state index in [9.17, 15) is 9.90 Å². The van der Waals surface area contributed by atoms with Crippen LogP contribution >= 0.6 is 0 Å². The van der Waals surface area contributed by atoms with E-state index in [2.05, 4.69) is 37.4 Å². The lowest BCUT2D eigenvalue weighted by Gasteiger charge is -2.09. The number of carbonyl (C=O) groups excluding carboxylic acids is 1.